The van der Waals surface area contributed by atoms with Crippen molar-refractivity contribution in [2.24, 2.45) is 0 Å². The molecule has 2 heterocycles. The molecule has 4 heteroatoms. The van der Waals surface area contributed by atoms with E-state index in [2.05, 4.69) is 15.3 Å². The van der Waals surface area contributed by atoms with Crippen LogP contribution in [0.4, 0.5) is 0 Å². The normalized spacial score (nSPS) is 17.2. The third kappa shape index (κ3) is 2.36. The quantitative estimate of drug-likeness (QED) is 0.852. The second-order valence-corrected chi connectivity index (χ2v) is 4.28. The topological polar surface area (TPSA) is 47.0 Å². The first-order valence-corrected chi connectivity index (χ1v) is 6.01. The van der Waals surface area contributed by atoms with Crippen molar-refractivity contribution in [2.45, 2.75) is 18.9 Å². The Labute approximate surface area is 100 Å². The van der Waals surface area contributed by atoms with Crippen LogP contribution in [0.3, 0.4) is 0 Å². The van der Waals surface area contributed by atoms with E-state index < -0.39 is 0 Å². The van der Waals surface area contributed by atoms with Gasteiger partial charge in [0.15, 0.2) is 0 Å². The van der Waals surface area contributed by atoms with Gasteiger partial charge in [-0.25, -0.2) is 4.98 Å². The molecular weight excluding hydrogens is 214 g/mol. The minimum Gasteiger partial charge on any atom is -0.460 e. The molecule has 1 N–H and O–H groups in total. The van der Waals surface area contributed by atoms with Crippen LogP contribution in [0, 0.1) is 0 Å². The van der Waals surface area contributed by atoms with E-state index in [-0.39, 0.29) is 6.10 Å². The minimum absolute atomic E-state index is 0.248. The van der Waals surface area contributed by atoms with E-state index in [9.17, 15) is 0 Å². The molecule has 4 nitrogen and oxygen atoms in total. The van der Waals surface area contributed by atoms with Gasteiger partial charge in [-0.2, -0.15) is 4.98 Å². The molecule has 0 bridgehead atoms. The molecule has 1 aromatic carbocycles. The third-order valence-corrected chi connectivity index (χ3v) is 3.03. The van der Waals surface area contributed by atoms with E-state index in [1.54, 1.807) is 0 Å². The highest BCUT2D eigenvalue weighted by molar-refractivity contribution is 5.77. The highest BCUT2D eigenvalue weighted by atomic mass is 16.5. The summed E-state index contributed by atoms with van der Waals surface area (Å²) in [5.74, 6) is 0. The first kappa shape index (κ1) is 10.5. The van der Waals surface area contributed by atoms with Crippen LogP contribution in [0.1, 0.15) is 12.8 Å². The number of nitrogens with zero attached hydrogens (tertiary/aromatic N) is 2. The molecular formula is C13H15N3O. The molecule has 88 valence electrons. The maximum absolute atomic E-state index is 5.80. The first-order chi connectivity index (χ1) is 8.42. The van der Waals surface area contributed by atoms with Crippen molar-refractivity contribution in [1.29, 1.82) is 0 Å². The van der Waals surface area contributed by atoms with Crippen molar-refractivity contribution in [3.8, 4) is 6.01 Å². The second kappa shape index (κ2) is 4.67. The highest BCUT2D eigenvalue weighted by Gasteiger charge is 2.15. The van der Waals surface area contributed by atoms with Crippen molar-refractivity contribution in [2.75, 3.05) is 13.1 Å². The van der Waals surface area contributed by atoms with Crippen LogP contribution in [-0.4, -0.2) is 29.2 Å². The Hall–Kier alpha value is -1.68. The van der Waals surface area contributed by atoms with Gasteiger partial charge in [-0.3, -0.25) is 0 Å². The Morgan fingerprint density at radius 2 is 2.00 bits per heavy atom. The molecule has 0 saturated carbocycles. The van der Waals surface area contributed by atoms with Crippen molar-refractivity contribution in [3.05, 3.63) is 30.5 Å². The Morgan fingerprint density at radius 3 is 2.88 bits per heavy atom. The van der Waals surface area contributed by atoms with Crippen LogP contribution < -0.4 is 10.1 Å². The number of rotatable bonds is 2. The third-order valence-electron chi connectivity index (χ3n) is 3.03. The van der Waals surface area contributed by atoms with Crippen LogP contribution in [0.5, 0.6) is 6.01 Å². The molecule has 1 fully saturated rings. The summed E-state index contributed by atoms with van der Waals surface area (Å²) in [5.41, 5.74) is 0.937. The number of fused-ring (bicyclic) bond motifs is 1. The summed E-state index contributed by atoms with van der Waals surface area (Å²) in [6.07, 6.45) is 4.11. The standard InChI is InChI=1S/C13H15N3O/c1-2-4-12-10(3-1)9-15-13(16-12)17-11-5-7-14-8-6-11/h1-4,9,11,14H,5-8H2. The number of para-hydroxylation sites is 1. The lowest BCUT2D eigenvalue weighted by Gasteiger charge is -2.22. The van der Waals surface area contributed by atoms with Crippen LogP contribution in [0.2, 0.25) is 0 Å². The number of aromatic nitrogens is 2. The fraction of sp³-hybridized carbons (Fsp3) is 0.385. The van der Waals surface area contributed by atoms with Crippen molar-refractivity contribution in [3.63, 3.8) is 0 Å². The number of hydrogen-bond donors (Lipinski definition) is 1. The van der Waals surface area contributed by atoms with Crippen LogP contribution in [0.25, 0.3) is 10.9 Å². The Bertz CT molecular complexity index is 509. The maximum atomic E-state index is 5.80. The Morgan fingerprint density at radius 1 is 1.18 bits per heavy atom. The van der Waals surface area contributed by atoms with E-state index in [0.29, 0.717) is 6.01 Å². The van der Waals surface area contributed by atoms with Gasteiger partial charge in [-0.15, -0.1) is 0 Å². The van der Waals surface area contributed by atoms with Crippen molar-refractivity contribution < 1.29 is 4.74 Å². The predicted octanol–water partition coefficient (Wildman–Crippen LogP) is 1.76. The van der Waals surface area contributed by atoms with Crippen LogP contribution in [0.15, 0.2) is 30.5 Å². The monoisotopic (exact) mass is 229 g/mol. The predicted molar refractivity (Wildman–Crippen MR) is 66.1 cm³/mol. The van der Waals surface area contributed by atoms with E-state index >= 15 is 0 Å². The molecule has 0 atom stereocenters. The van der Waals surface area contributed by atoms with Gasteiger partial charge in [0.05, 0.1) is 5.52 Å². The van der Waals surface area contributed by atoms with Gasteiger partial charge in [-0.1, -0.05) is 18.2 Å². The molecule has 1 aromatic heterocycles. The summed E-state index contributed by atoms with van der Waals surface area (Å²) in [7, 11) is 0. The maximum Gasteiger partial charge on any atom is 0.317 e. The molecule has 0 unspecified atom stereocenters. The van der Waals surface area contributed by atoms with E-state index in [1.807, 2.05) is 30.5 Å². The van der Waals surface area contributed by atoms with Gasteiger partial charge < -0.3 is 10.1 Å². The van der Waals surface area contributed by atoms with Crippen LogP contribution in [-0.2, 0) is 0 Å². The van der Waals surface area contributed by atoms with Gasteiger partial charge in [0, 0.05) is 11.6 Å². The van der Waals surface area contributed by atoms with Gasteiger partial charge in [0.1, 0.15) is 6.10 Å². The van der Waals surface area contributed by atoms with Gasteiger partial charge >= 0.3 is 6.01 Å². The molecule has 0 spiro atoms. The number of ether oxygens (including phenoxy) is 1. The summed E-state index contributed by atoms with van der Waals surface area (Å²) < 4.78 is 5.80. The molecule has 2 aromatic rings. The summed E-state index contributed by atoms with van der Waals surface area (Å²) in [6, 6.07) is 8.44. The molecule has 1 aliphatic heterocycles. The first-order valence-electron chi connectivity index (χ1n) is 6.01. The van der Waals surface area contributed by atoms with Crippen LogP contribution >= 0.6 is 0 Å². The number of piperidine rings is 1. The zero-order valence-electron chi connectivity index (χ0n) is 9.60. The lowest BCUT2D eigenvalue weighted by Crippen LogP contribution is -2.34. The lowest BCUT2D eigenvalue weighted by molar-refractivity contribution is 0.149. The van der Waals surface area contributed by atoms with Gasteiger partial charge in [0.25, 0.3) is 0 Å². The SMILES string of the molecule is c1ccc2nc(OC3CCNCC3)ncc2c1. The highest BCUT2D eigenvalue weighted by Crippen LogP contribution is 2.16. The number of nitrogens with one attached hydrogen (secondary N) is 1. The molecule has 17 heavy (non-hydrogen) atoms. The average molecular weight is 229 g/mol. The molecule has 0 amide bonds. The van der Waals surface area contributed by atoms with Gasteiger partial charge in [0.2, 0.25) is 0 Å². The summed E-state index contributed by atoms with van der Waals surface area (Å²) in [6.45, 7) is 2.02. The zero-order valence-corrected chi connectivity index (χ0v) is 9.60. The van der Waals surface area contributed by atoms with E-state index in [0.717, 1.165) is 36.8 Å². The average Bonchev–Trinajstić information content (AvgIpc) is 2.40. The molecule has 1 aliphatic rings. The minimum atomic E-state index is 0.248. The van der Waals surface area contributed by atoms with Crippen molar-refractivity contribution >= 4 is 10.9 Å². The summed E-state index contributed by atoms with van der Waals surface area (Å²) >= 11 is 0. The zero-order chi connectivity index (χ0) is 11.5. The molecule has 3 rings (SSSR count). The fourth-order valence-corrected chi connectivity index (χ4v) is 2.07. The summed E-state index contributed by atoms with van der Waals surface area (Å²) in [5, 5.41) is 4.36. The molecule has 0 radical (unpaired) electrons. The Kier molecular flexibility index (Phi) is 2.88. The van der Waals surface area contributed by atoms with Crippen molar-refractivity contribution in [1.82, 2.24) is 15.3 Å². The fourth-order valence-electron chi connectivity index (χ4n) is 2.07. The molecule has 1 saturated heterocycles. The second-order valence-electron chi connectivity index (χ2n) is 4.28. The number of hydrogen-bond acceptors (Lipinski definition) is 4. The number of benzene rings is 1. The summed E-state index contributed by atoms with van der Waals surface area (Å²) in [4.78, 5) is 8.66. The largest absolute Gasteiger partial charge is 0.460 e. The lowest BCUT2D eigenvalue weighted by atomic mass is 10.1. The van der Waals surface area contributed by atoms with E-state index in [4.69, 9.17) is 4.74 Å². The molecule has 0 aliphatic carbocycles. The van der Waals surface area contributed by atoms with Gasteiger partial charge in [-0.05, 0) is 32.0 Å². The Balaban J connectivity index is 1.80. The van der Waals surface area contributed by atoms with E-state index in [1.165, 1.54) is 0 Å². The smallest absolute Gasteiger partial charge is 0.317 e.